The van der Waals surface area contributed by atoms with E-state index in [1.165, 1.54) is 0 Å². The molecule has 0 unspecified atom stereocenters. The van der Waals surface area contributed by atoms with E-state index in [1.54, 1.807) is 13.2 Å². The molecule has 0 spiro atoms. The highest BCUT2D eigenvalue weighted by Crippen LogP contribution is 2.25. The second kappa shape index (κ2) is 5.05. The number of nitrogens with one attached hydrogen (secondary N) is 1. The van der Waals surface area contributed by atoms with Crippen molar-refractivity contribution in [3.63, 3.8) is 0 Å². The number of hydrogen-bond donors (Lipinski definition) is 1. The summed E-state index contributed by atoms with van der Waals surface area (Å²) in [6.07, 6.45) is 3.69. The van der Waals surface area contributed by atoms with Gasteiger partial charge in [-0.1, -0.05) is 18.2 Å². The van der Waals surface area contributed by atoms with Gasteiger partial charge in [0.25, 0.3) is 5.91 Å². The Morgan fingerprint density at radius 1 is 1.19 bits per heavy atom. The van der Waals surface area contributed by atoms with Crippen molar-refractivity contribution in [1.29, 1.82) is 0 Å². The minimum atomic E-state index is -0.0623. The Bertz CT molecular complexity index is 828. The smallest absolute Gasteiger partial charge is 0.252 e. The molecule has 2 heterocycles. The lowest BCUT2D eigenvalue weighted by Crippen LogP contribution is -2.18. The van der Waals surface area contributed by atoms with Gasteiger partial charge in [-0.2, -0.15) is 0 Å². The molecule has 0 atom stereocenters. The molecule has 0 saturated heterocycles. The summed E-state index contributed by atoms with van der Waals surface area (Å²) in [5, 5.41) is 3.76. The maximum Gasteiger partial charge on any atom is 0.252 e. The third-order valence-corrected chi connectivity index (χ3v) is 3.92. The van der Waals surface area contributed by atoms with Crippen molar-refractivity contribution in [1.82, 2.24) is 14.9 Å². The quantitative estimate of drug-likeness (QED) is 0.784. The topological polar surface area (TPSA) is 46.9 Å². The van der Waals surface area contributed by atoms with Crippen LogP contribution in [0.25, 0.3) is 16.6 Å². The zero-order chi connectivity index (χ0) is 15.0. The molecule has 0 saturated carbocycles. The van der Waals surface area contributed by atoms with Crippen LogP contribution in [0.2, 0.25) is 0 Å². The average Bonchev–Trinajstić information content (AvgIpc) is 2.82. The van der Waals surface area contributed by atoms with E-state index in [0.29, 0.717) is 5.56 Å². The van der Waals surface area contributed by atoms with Crippen molar-refractivity contribution in [3.8, 4) is 5.69 Å². The third kappa shape index (κ3) is 2.09. The van der Waals surface area contributed by atoms with Crippen molar-refractivity contribution in [2.75, 3.05) is 7.05 Å². The molecule has 1 N–H and O–H groups in total. The lowest BCUT2D eigenvalue weighted by atomic mass is 10.1. The van der Waals surface area contributed by atoms with Crippen LogP contribution < -0.4 is 5.32 Å². The van der Waals surface area contributed by atoms with E-state index < -0.39 is 0 Å². The van der Waals surface area contributed by atoms with Gasteiger partial charge in [0, 0.05) is 30.5 Å². The van der Waals surface area contributed by atoms with E-state index >= 15 is 0 Å². The first-order valence-corrected chi connectivity index (χ1v) is 6.88. The molecule has 0 aliphatic carbocycles. The first-order chi connectivity index (χ1) is 10.1. The number of carbonyl (C=O) groups is 1. The number of para-hydroxylation sites is 1. The van der Waals surface area contributed by atoms with E-state index in [0.717, 1.165) is 27.8 Å². The SMILES string of the molecule is CNC(=O)c1cn(-c2ccnc3ccccc23)c(C)c1C. The number of aromatic nitrogens is 2. The largest absolute Gasteiger partial charge is 0.355 e. The standard InChI is InChI=1S/C17H17N3O/c1-11-12(2)20(10-14(11)17(21)18-3)16-8-9-19-15-7-5-4-6-13(15)16/h4-10H,1-3H3,(H,18,21). The highest BCUT2D eigenvalue weighted by atomic mass is 16.1. The van der Waals surface area contributed by atoms with Gasteiger partial charge in [0.05, 0.1) is 16.8 Å². The van der Waals surface area contributed by atoms with Crippen molar-refractivity contribution in [3.05, 3.63) is 59.5 Å². The van der Waals surface area contributed by atoms with Gasteiger partial charge in [-0.3, -0.25) is 9.78 Å². The van der Waals surface area contributed by atoms with Gasteiger partial charge in [0.1, 0.15) is 0 Å². The van der Waals surface area contributed by atoms with Crippen molar-refractivity contribution < 1.29 is 4.79 Å². The number of carbonyl (C=O) groups excluding carboxylic acids is 1. The number of amides is 1. The molecule has 0 aliphatic heterocycles. The highest BCUT2D eigenvalue weighted by Gasteiger charge is 2.16. The summed E-state index contributed by atoms with van der Waals surface area (Å²) in [6, 6.07) is 9.99. The summed E-state index contributed by atoms with van der Waals surface area (Å²) in [5.74, 6) is -0.0623. The zero-order valence-electron chi connectivity index (χ0n) is 12.3. The van der Waals surface area contributed by atoms with Gasteiger partial charge >= 0.3 is 0 Å². The van der Waals surface area contributed by atoms with Gasteiger partial charge in [0.2, 0.25) is 0 Å². The normalized spacial score (nSPS) is 10.8. The van der Waals surface area contributed by atoms with Gasteiger partial charge in [-0.25, -0.2) is 0 Å². The predicted octanol–water partition coefficient (Wildman–Crippen LogP) is 3.00. The first kappa shape index (κ1) is 13.4. The number of fused-ring (bicyclic) bond motifs is 1. The Labute approximate surface area is 123 Å². The lowest BCUT2D eigenvalue weighted by Gasteiger charge is -2.09. The molecule has 1 amide bonds. The maximum absolute atomic E-state index is 12.0. The van der Waals surface area contributed by atoms with E-state index in [-0.39, 0.29) is 5.91 Å². The number of pyridine rings is 1. The fraction of sp³-hybridized carbons (Fsp3) is 0.176. The molecule has 3 rings (SSSR count). The van der Waals surface area contributed by atoms with Crippen LogP contribution in [0.4, 0.5) is 0 Å². The summed E-state index contributed by atoms with van der Waals surface area (Å²) in [4.78, 5) is 16.3. The second-order valence-electron chi connectivity index (χ2n) is 5.05. The average molecular weight is 279 g/mol. The highest BCUT2D eigenvalue weighted by molar-refractivity contribution is 5.96. The molecule has 1 aromatic carbocycles. The lowest BCUT2D eigenvalue weighted by molar-refractivity contribution is 0.0962. The Morgan fingerprint density at radius 2 is 1.95 bits per heavy atom. The summed E-state index contributed by atoms with van der Waals surface area (Å²) < 4.78 is 2.06. The Balaban J connectivity index is 2.27. The second-order valence-corrected chi connectivity index (χ2v) is 5.05. The number of benzene rings is 1. The van der Waals surface area contributed by atoms with Crippen molar-refractivity contribution in [2.45, 2.75) is 13.8 Å². The molecule has 0 bridgehead atoms. The third-order valence-electron chi connectivity index (χ3n) is 3.92. The molecule has 0 fully saturated rings. The van der Waals surface area contributed by atoms with Gasteiger partial charge < -0.3 is 9.88 Å². The van der Waals surface area contributed by atoms with Crippen LogP contribution in [0.1, 0.15) is 21.6 Å². The van der Waals surface area contributed by atoms with Crippen LogP contribution in [0.15, 0.2) is 42.7 Å². The van der Waals surface area contributed by atoms with Crippen LogP contribution in [0, 0.1) is 13.8 Å². The molecule has 106 valence electrons. The monoisotopic (exact) mass is 279 g/mol. The van der Waals surface area contributed by atoms with E-state index in [9.17, 15) is 4.79 Å². The summed E-state index contributed by atoms with van der Waals surface area (Å²) >= 11 is 0. The summed E-state index contributed by atoms with van der Waals surface area (Å²) in [7, 11) is 1.65. The van der Waals surface area contributed by atoms with E-state index in [2.05, 4.69) is 14.9 Å². The van der Waals surface area contributed by atoms with Crippen LogP contribution in [-0.4, -0.2) is 22.5 Å². The predicted molar refractivity (Wildman–Crippen MR) is 83.9 cm³/mol. The summed E-state index contributed by atoms with van der Waals surface area (Å²) in [6.45, 7) is 4.00. The number of hydrogen-bond acceptors (Lipinski definition) is 2. The Morgan fingerprint density at radius 3 is 2.71 bits per heavy atom. The van der Waals surface area contributed by atoms with Crippen LogP contribution in [0.5, 0.6) is 0 Å². The Kier molecular flexibility index (Phi) is 3.22. The number of nitrogens with zero attached hydrogens (tertiary/aromatic N) is 2. The maximum atomic E-state index is 12.0. The molecule has 21 heavy (non-hydrogen) atoms. The number of rotatable bonds is 2. The van der Waals surface area contributed by atoms with Crippen LogP contribution in [-0.2, 0) is 0 Å². The van der Waals surface area contributed by atoms with Crippen molar-refractivity contribution in [2.24, 2.45) is 0 Å². The van der Waals surface area contributed by atoms with Gasteiger partial charge in [-0.15, -0.1) is 0 Å². The molecule has 4 heteroatoms. The zero-order valence-corrected chi connectivity index (χ0v) is 12.3. The molecular formula is C17H17N3O. The Hall–Kier alpha value is -2.62. The van der Waals surface area contributed by atoms with E-state index in [4.69, 9.17) is 0 Å². The molecule has 0 aliphatic rings. The van der Waals surface area contributed by atoms with Gasteiger partial charge in [0.15, 0.2) is 0 Å². The van der Waals surface area contributed by atoms with Crippen LogP contribution in [0.3, 0.4) is 0 Å². The molecular weight excluding hydrogens is 262 g/mol. The fourth-order valence-electron chi connectivity index (χ4n) is 2.60. The first-order valence-electron chi connectivity index (χ1n) is 6.88. The fourth-order valence-corrected chi connectivity index (χ4v) is 2.60. The molecule has 2 aromatic heterocycles. The van der Waals surface area contributed by atoms with Crippen molar-refractivity contribution >= 4 is 16.8 Å². The summed E-state index contributed by atoms with van der Waals surface area (Å²) in [5.41, 5.74) is 4.75. The molecule has 4 nitrogen and oxygen atoms in total. The van der Waals surface area contributed by atoms with Gasteiger partial charge in [-0.05, 0) is 31.5 Å². The minimum absolute atomic E-state index is 0.0623. The van der Waals surface area contributed by atoms with Crippen LogP contribution >= 0.6 is 0 Å². The molecule has 0 radical (unpaired) electrons. The van der Waals surface area contributed by atoms with E-state index in [1.807, 2.05) is 50.4 Å². The minimum Gasteiger partial charge on any atom is -0.355 e. The molecule has 3 aromatic rings.